The molecule has 4 nitrogen and oxygen atoms in total. The zero-order valence-electron chi connectivity index (χ0n) is 6.96. The first-order valence-electron chi connectivity index (χ1n) is 2.83. The average molecular weight is 145 g/mol. The molecule has 0 aliphatic heterocycles. The lowest BCUT2D eigenvalue weighted by atomic mass is 11.0. The molecule has 0 aromatic heterocycles. The molecule has 0 heterocycles. The third-order valence-electron chi connectivity index (χ3n) is 0.469. The van der Waals surface area contributed by atoms with Crippen molar-refractivity contribution in [1.29, 1.82) is 5.41 Å². The van der Waals surface area contributed by atoms with Gasteiger partial charge in [0.15, 0.2) is 0 Å². The molecule has 1 amide bonds. The van der Waals surface area contributed by atoms with E-state index in [1.165, 1.54) is 11.2 Å². The molecule has 0 aromatic rings. The summed E-state index contributed by atoms with van der Waals surface area (Å²) in [5.74, 6) is 0. The second-order valence-corrected chi connectivity index (χ2v) is 2.16. The first kappa shape index (κ1) is 11.7. The highest BCUT2D eigenvalue weighted by Crippen LogP contribution is 1.53. The van der Waals surface area contributed by atoms with Gasteiger partial charge in [0.05, 0.1) is 6.34 Å². The van der Waals surface area contributed by atoms with Crippen molar-refractivity contribution in [2.45, 2.75) is 0 Å². The fraction of sp³-hybridized carbons (Fsp3) is 0.667. The van der Waals surface area contributed by atoms with Gasteiger partial charge in [-0.2, -0.15) is 0 Å². The van der Waals surface area contributed by atoms with Crippen LogP contribution in [0.15, 0.2) is 0 Å². The van der Waals surface area contributed by atoms with Gasteiger partial charge < -0.3 is 9.80 Å². The van der Waals surface area contributed by atoms with E-state index in [1.54, 1.807) is 19.0 Å². The third-order valence-corrected chi connectivity index (χ3v) is 0.469. The predicted molar refractivity (Wildman–Crippen MR) is 42.2 cm³/mol. The summed E-state index contributed by atoms with van der Waals surface area (Å²) in [4.78, 5) is 12.5. The monoisotopic (exact) mass is 145 g/mol. The van der Waals surface area contributed by atoms with E-state index >= 15 is 0 Å². The van der Waals surface area contributed by atoms with Crippen LogP contribution in [0, 0.1) is 5.41 Å². The van der Waals surface area contributed by atoms with Crippen LogP contribution in [0.25, 0.3) is 0 Å². The molecular formula is C6H15N3O. The van der Waals surface area contributed by atoms with Gasteiger partial charge in [-0.15, -0.1) is 0 Å². The number of carbonyl (C=O) groups excluding carboxylic acids is 1. The SMILES string of the molecule is CN(C)C=N.CN(C)C=O. The molecule has 0 saturated heterocycles. The van der Waals surface area contributed by atoms with Crippen molar-refractivity contribution in [3.63, 3.8) is 0 Å². The van der Waals surface area contributed by atoms with Gasteiger partial charge in [-0.05, 0) is 0 Å². The average Bonchev–Trinajstić information content (AvgIpc) is 1.89. The Labute approximate surface area is 61.9 Å². The molecule has 1 N–H and O–H groups in total. The Balaban J connectivity index is 0. The van der Waals surface area contributed by atoms with Gasteiger partial charge in [0.1, 0.15) is 0 Å². The van der Waals surface area contributed by atoms with E-state index in [2.05, 4.69) is 0 Å². The number of hydrogen-bond donors (Lipinski definition) is 1. The quantitative estimate of drug-likeness (QED) is 0.334. The van der Waals surface area contributed by atoms with Crippen molar-refractivity contribution >= 4 is 12.7 Å². The number of nitrogens with one attached hydrogen (secondary N) is 1. The molecule has 0 aromatic carbocycles. The van der Waals surface area contributed by atoms with Crippen LogP contribution in [-0.2, 0) is 4.79 Å². The van der Waals surface area contributed by atoms with E-state index in [-0.39, 0.29) is 0 Å². The van der Waals surface area contributed by atoms with E-state index in [0.29, 0.717) is 0 Å². The number of rotatable bonds is 2. The van der Waals surface area contributed by atoms with Crippen LogP contribution in [-0.4, -0.2) is 50.7 Å². The van der Waals surface area contributed by atoms with Gasteiger partial charge in [0, 0.05) is 28.2 Å². The molecule has 0 unspecified atom stereocenters. The minimum absolute atomic E-state index is 0.750. The van der Waals surface area contributed by atoms with Gasteiger partial charge in [-0.3, -0.25) is 10.2 Å². The highest BCUT2D eigenvalue weighted by Gasteiger charge is 1.68. The van der Waals surface area contributed by atoms with E-state index in [4.69, 9.17) is 5.41 Å². The van der Waals surface area contributed by atoms with Crippen molar-refractivity contribution in [3.05, 3.63) is 0 Å². The predicted octanol–water partition coefficient (Wildman–Crippen LogP) is -0.141. The van der Waals surface area contributed by atoms with Crippen LogP contribution in [0.3, 0.4) is 0 Å². The molecule has 0 saturated carbocycles. The van der Waals surface area contributed by atoms with Crippen molar-refractivity contribution in [2.75, 3.05) is 28.2 Å². The Morgan fingerprint density at radius 1 is 1.10 bits per heavy atom. The second kappa shape index (κ2) is 7.94. The summed E-state index contributed by atoms with van der Waals surface area (Å²) in [6.07, 6.45) is 2.00. The van der Waals surface area contributed by atoms with Crippen LogP contribution in [0.1, 0.15) is 0 Å². The molecule has 0 radical (unpaired) electrons. The summed E-state index contributed by atoms with van der Waals surface area (Å²) in [5, 5.41) is 6.46. The number of carbonyl (C=O) groups is 1. The van der Waals surface area contributed by atoms with E-state index in [9.17, 15) is 4.79 Å². The lowest BCUT2D eigenvalue weighted by Crippen LogP contribution is -2.06. The molecule has 0 spiro atoms. The summed E-state index contributed by atoms with van der Waals surface area (Å²) in [7, 11) is 7.00. The minimum atomic E-state index is 0.750. The molecule has 0 atom stereocenters. The van der Waals surface area contributed by atoms with Crippen LogP contribution in [0.4, 0.5) is 0 Å². The maximum absolute atomic E-state index is 9.43. The Morgan fingerprint density at radius 2 is 1.30 bits per heavy atom. The molecular weight excluding hydrogens is 130 g/mol. The lowest BCUT2D eigenvalue weighted by molar-refractivity contribution is -0.115. The maximum atomic E-state index is 9.43. The fourth-order valence-corrected chi connectivity index (χ4v) is 0. The van der Waals surface area contributed by atoms with Crippen LogP contribution in [0.2, 0.25) is 0 Å². The van der Waals surface area contributed by atoms with Gasteiger partial charge in [-0.25, -0.2) is 0 Å². The normalized spacial score (nSPS) is 6.80. The standard InChI is InChI=1S/C3H8N2.C3H7NO/c1-5(2)3-4;1-4(2)3-5/h3-4H,1-2H3;3H,1-2H3. The molecule has 10 heavy (non-hydrogen) atoms. The van der Waals surface area contributed by atoms with Crippen molar-refractivity contribution in [2.24, 2.45) is 0 Å². The topological polar surface area (TPSA) is 47.4 Å². The zero-order chi connectivity index (χ0) is 8.57. The first-order chi connectivity index (χ1) is 4.54. The summed E-state index contributed by atoms with van der Waals surface area (Å²) in [6, 6.07) is 0. The maximum Gasteiger partial charge on any atom is 0.209 e. The summed E-state index contributed by atoms with van der Waals surface area (Å²) >= 11 is 0. The molecule has 0 aliphatic rings. The van der Waals surface area contributed by atoms with Crippen LogP contribution >= 0.6 is 0 Å². The Hall–Kier alpha value is -1.06. The highest BCUT2D eigenvalue weighted by molar-refractivity contribution is 5.49. The van der Waals surface area contributed by atoms with E-state index in [0.717, 1.165) is 6.41 Å². The summed E-state index contributed by atoms with van der Waals surface area (Å²) < 4.78 is 0. The van der Waals surface area contributed by atoms with E-state index < -0.39 is 0 Å². The zero-order valence-corrected chi connectivity index (χ0v) is 6.96. The van der Waals surface area contributed by atoms with Gasteiger partial charge >= 0.3 is 0 Å². The number of hydrogen-bond acceptors (Lipinski definition) is 2. The summed E-state index contributed by atoms with van der Waals surface area (Å²) in [5.41, 5.74) is 0. The molecule has 0 aliphatic carbocycles. The Kier molecular flexibility index (Phi) is 9.29. The van der Waals surface area contributed by atoms with Crippen LogP contribution in [0.5, 0.6) is 0 Å². The number of amides is 1. The van der Waals surface area contributed by atoms with Crippen molar-refractivity contribution < 1.29 is 4.79 Å². The smallest absolute Gasteiger partial charge is 0.209 e. The van der Waals surface area contributed by atoms with Crippen LogP contribution < -0.4 is 0 Å². The number of nitrogens with zero attached hydrogens (tertiary/aromatic N) is 2. The molecule has 0 bridgehead atoms. The molecule has 0 fully saturated rings. The van der Waals surface area contributed by atoms with Crippen molar-refractivity contribution in [1.82, 2.24) is 9.80 Å². The third kappa shape index (κ3) is 28.3. The molecule has 0 rings (SSSR count). The highest BCUT2D eigenvalue weighted by atomic mass is 16.1. The molecule has 4 heteroatoms. The largest absolute Gasteiger partial charge is 0.369 e. The van der Waals surface area contributed by atoms with Gasteiger partial charge in [-0.1, -0.05) is 0 Å². The Bertz CT molecular complexity index is 79.0. The van der Waals surface area contributed by atoms with E-state index in [1.807, 2.05) is 14.1 Å². The van der Waals surface area contributed by atoms with Gasteiger partial charge in [0.25, 0.3) is 0 Å². The lowest BCUT2D eigenvalue weighted by Gasteiger charge is -1.96. The molecule has 60 valence electrons. The fourth-order valence-electron chi connectivity index (χ4n) is 0. The second-order valence-electron chi connectivity index (χ2n) is 2.16. The van der Waals surface area contributed by atoms with Crippen molar-refractivity contribution in [3.8, 4) is 0 Å². The van der Waals surface area contributed by atoms with Gasteiger partial charge in [0.2, 0.25) is 6.41 Å². The first-order valence-corrected chi connectivity index (χ1v) is 2.83. The Morgan fingerprint density at radius 3 is 1.30 bits per heavy atom. The minimum Gasteiger partial charge on any atom is -0.369 e. The summed E-state index contributed by atoms with van der Waals surface area (Å²) in [6.45, 7) is 0.